The van der Waals surface area contributed by atoms with Crippen molar-refractivity contribution in [2.75, 3.05) is 20.8 Å². The van der Waals surface area contributed by atoms with Gasteiger partial charge < -0.3 is 14.2 Å². The number of carbonyl (C=O) groups is 1. The summed E-state index contributed by atoms with van der Waals surface area (Å²) in [6.07, 6.45) is 5.94. The second kappa shape index (κ2) is 8.88. The highest BCUT2D eigenvalue weighted by atomic mass is 32.1. The maximum Gasteiger partial charge on any atom is 0.341 e. The van der Waals surface area contributed by atoms with Gasteiger partial charge in [0.25, 0.3) is 0 Å². The molecule has 0 radical (unpaired) electrons. The molecule has 0 fully saturated rings. The number of ether oxygens (including phenoxy) is 3. The van der Waals surface area contributed by atoms with Crippen LogP contribution in [0.3, 0.4) is 0 Å². The lowest BCUT2D eigenvalue weighted by Crippen LogP contribution is -2.09. The lowest BCUT2D eigenvalue weighted by molar-refractivity contribution is 0.0526. The number of esters is 1. The van der Waals surface area contributed by atoms with Gasteiger partial charge >= 0.3 is 5.97 Å². The van der Waals surface area contributed by atoms with Gasteiger partial charge in [-0.2, -0.15) is 0 Å². The molecule has 156 valence electrons. The molecule has 1 aromatic heterocycles. The number of thiophene rings is 1. The Balaban J connectivity index is 1.83. The number of hydrogen-bond acceptors (Lipinski definition) is 6. The average molecular weight is 424 g/mol. The third-order valence-electron chi connectivity index (χ3n) is 5.39. The largest absolute Gasteiger partial charge is 0.497 e. The van der Waals surface area contributed by atoms with Crippen LogP contribution in [0.4, 0.5) is 5.00 Å². The monoisotopic (exact) mass is 423 g/mol. The van der Waals surface area contributed by atoms with Crippen LogP contribution in [0.5, 0.6) is 11.5 Å². The van der Waals surface area contributed by atoms with E-state index in [0.29, 0.717) is 17.2 Å². The molecular formula is C24H25NO4S. The van der Waals surface area contributed by atoms with Crippen molar-refractivity contribution in [2.45, 2.75) is 32.6 Å². The molecule has 0 saturated heterocycles. The van der Waals surface area contributed by atoms with E-state index in [1.165, 1.54) is 4.88 Å². The molecule has 0 bridgehead atoms. The zero-order chi connectivity index (χ0) is 21.1. The molecule has 1 aliphatic rings. The van der Waals surface area contributed by atoms with Crippen LogP contribution in [0, 0.1) is 0 Å². The number of aryl methyl sites for hydroxylation is 1. The van der Waals surface area contributed by atoms with Crippen LogP contribution in [0.1, 0.15) is 46.1 Å². The molecule has 30 heavy (non-hydrogen) atoms. The first kappa shape index (κ1) is 20.4. The Morgan fingerprint density at radius 2 is 1.93 bits per heavy atom. The number of fused-ring (bicyclic) bond motifs is 2. The fourth-order valence-electron chi connectivity index (χ4n) is 3.92. The van der Waals surface area contributed by atoms with Crippen LogP contribution in [0.25, 0.3) is 10.8 Å². The van der Waals surface area contributed by atoms with E-state index < -0.39 is 0 Å². The molecule has 4 rings (SSSR count). The lowest BCUT2D eigenvalue weighted by atomic mass is 9.95. The number of hydrogen-bond donors (Lipinski definition) is 0. The molecule has 0 saturated carbocycles. The zero-order valence-corrected chi connectivity index (χ0v) is 18.3. The van der Waals surface area contributed by atoms with Gasteiger partial charge in [0.15, 0.2) is 0 Å². The first-order chi connectivity index (χ1) is 14.7. The number of benzene rings is 2. The minimum atomic E-state index is -0.282. The Hall–Kier alpha value is -2.86. The quantitative estimate of drug-likeness (QED) is 0.376. The third kappa shape index (κ3) is 3.79. The van der Waals surface area contributed by atoms with Crippen molar-refractivity contribution >= 4 is 39.3 Å². The predicted molar refractivity (Wildman–Crippen MR) is 121 cm³/mol. The SMILES string of the molecule is CCOC(=O)c1c(N=Cc2c(OC)ccc3ccc(OC)cc23)sc2c1CCCC2. The Morgan fingerprint density at radius 1 is 1.13 bits per heavy atom. The minimum Gasteiger partial charge on any atom is -0.497 e. The number of methoxy groups -OCH3 is 2. The van der Waals surface area contributed by atoms with Gasteiger partial charge in [-0.15, -0.1) is 11.3 Å². The molecule has 1 aliphatic carbocycles. The third-order valence-corrected chi connectivity index (χ3v) is 6.59. The average Bonchev–Trinajstić information content (AvgIpc) is 3.15. The first-order valence-electron chi connectivity index (χ1n) is 10.2. The summed E-state index contributed by atoms with van der Waals surface area (Å²) in [5.41, 5.74) is 2.60. The summed E-state index contributed by atoms with van der Waals surface area (Å²) < 4.78 is 16.3. The molecule has 0 unspecified atom stereocenters. The summed E-state index contributed by atoms with van der Waals surface area (Å²) in [7, 11) is 3.30. The molecule has 1 heterocycles. The van der Waals surface area contributed by atoms with Crippen molar-refractivity contribution < 1.29 is 19.0 Å². The second-order valence-electron chi connectivity index (χ2n) is 7.14. The smallest absolute Gasteiger partial charge is 0.341 e. The normalized spacial score (nSPS) is 13.4. The van der Waals surface area contributed by atoms with Crippen molar-refractivity contribution in [1.29, 1.82) is 0 Å². The van der Waals surface area contributed by atoms with E-state index in [0.717, 1.165) is 59.1 Å². The molecule has 5 nitrogen and oxygen atoms in total. The van der Waals surface area contributed by atoms with Gasteiger partial charge in [0.1, 0.15) is 16.5 Å². The molecule has 2 aromatic carbocycles. The van der Waals surface area contributed by atoms with Crippen LogP contribution in [0.2, 0.25) is 0 Å². The molecule has 0 aliphatic heterocycles. The summed E-state index contributed by atoms with van der Waals surface area (Å²) >= 11 is 1.60. The van der Waals surface area contributed by atoms with Gasteiger partial charge in [-0.25, -0.2) is 9.79 Å². The van der Waals surface area contributed by atoms with Crippen LogP contribution >= 0.6 is 11.3 Å². The summed E-state index contributed by atoms with van der Waals surface area (Å²) in [5.74, 6) is 1.21. The Kier molecular flexibility index (Phi) is 6.04. The summed E-state index contributed by atoms with van der Waals surface area (Å²) in [5, 5.41) is 2.76. The van der Waals surface area contributed by atoms with Gasteiger partial charge in [-0.3, -0.25) is 0 Å². The Labute approximate surface area is 180 Å². The van der Waals surface area contributed by atoms with E-state index in [2.05, 4.69) is 0 Å². The van der Waals surface area contributed by atoms with Crippen LogP contribution in [-0.2, 0) is 17.6 Å². The summed E-state index contributed by atoms with van der Waals surface area (Å²) in [4.78, 5) is 18.7. The summed E-state index contributed by atoms with van der Waals surface area (Å²) in [6, 6.07) is 9.87. The maximum atomic E-state index is 12.7. The molecule has 6 heteroatoms. The van der Waals surface area contributed by atoms with Crippen molar-refractivity contribution in [3.8, 4) is 11.5 Å². The minimum absolute atomic E-state index is 0.282. The van der Waals surface area contributed by atoms with E-state index in [9.17, 15) is 4.79 Å². The van der Waals surface area contributed by atoms with Crippen LogP contribution in [0.15, 0.2) is 35.3 Å². The van der Waals surface area contributed by atoms with Crippen molar-refractivity contribution in [2.24, 2.45) is 4.99 Å². The maximum absolute atomic E-state index is 12.7. The number of aliphatic imine (C=N–C) groups is 1. The molecule has 0 spiro atoms. The highest BCUT2D eigenvalue weighted by Gasteiger charge is 2.26. The molecular weight excluding hydrogens is 398 g/mol. The topological polar surface area (TPSA) is 57.1 Å². The van der Waals surface area contributed by atoms with Gasteiger partial charge in [-0.05, 0) is 67.1 Å². The van der Waals surface area contributed by atoms with Gasteiger partial charge in [0.2, 0.25) is 0 Å². The zero-order valence-electron chi connectivity index (χ0n) is 17.5. The first-order valence-corrected chi connectivity index (χ1v) is 11.0. The molecule has 0 amide bonds. The molecule has 0 atom stereocenters. The van der Waals surface area contributed by atoms with Gasteiger partial charge in [0, 0.05) is 16.7 Å². The Bertz CT molecular complexity index is 1110. The fourth-order valence-corrected chi connectivity index (χ4v) is 5.14. The van der Waals surface area contributed by atoms with Crippen LogP contribution in [-0.4, -0.2) is 33.0 Å². The van der Waals surface area contributed by atoms with E-state index in [-0.39, 0.29) is 5.97 Å². The summed E-state index contributed by atoms with van der Waals surface area (Å²) in [6.45, 7) is 2.18. The standard InChI is InChI=1S/C24H25NO4S/c1-4-29-24(26)22-17-7-5-6-8-21(17)30-23(22)25-14-19-18-13-16(27-2)11-9-15(18)10-12-20(19)28-3/h9-14H,4-8H2,1-3H3. The van der Waals surface area contributed by atoms with E-state index in [4.69, 9.17) is 19.2 Å². The van der Waals surface area contributed by atoms with E-state index in [1.54, 1.807) is 31.8 Å². The molecule has 0 N–H and O–H groups in total. The number of carbonyl (C=O) groups excluding carboxylic acids is 1. The fraction of sp³-hybridized carbons (Fsp3) is 0.333. The van der Waals surface area contributed by atoms with Crippen molar-refractivity contribution in [3.63, 3.8) is 0 Å². The van der Waals surface area contributed by atoms with Crippen molar-refractivity contribution in [3.05, 3.63) is 51.9 Å². The van der Waals surface area contributed by atoms with E-state index >= 15 is 0 Å². The predicted octanol–water partition coefficient (Wildman–Crippen LogP) is 5.72. The second-order valence-corrected chi connectivity index (χ2v) is 8.22. The van der Waals surface area contributed by atoms with Gasteiger partial charge in [0.05, 0.1) is 26.4 Å². The van der Waals surface area contributed by atoms with Crippen molar-refractivity contribution in [1.82, 2.24) is 0 Å². The highest BCUT2D eigenvalue weighted by molar-refractivity contribution is 7.16. The van der Waals surface area contributed by atoms with Crippen LogP contribution < -0.4 is 9.47 Å². The lowest BCUT2D eigenvalue weighted by Gasteiger charge is -2.12. The van der Waals surface area contributed by atoms with Gasteiger partial charge in [-0.1, -0.05) is 12.1 Å². The number of rotatable bonds is 6. The Morgan fingerprint density at radius 3 is 2.70 bits per heavy atom. The molecule has 3 aromatic rings. The highest BCUT2D eigenvalue weighted by Crippen LogP contribution is 2.40. The number of nitrogens with zero attached hydrogens (tertiary/aromatic N) is 1. The van der Waals surface area contributed by atoms with E-state index in [1.807, 2.05) is 37.3 Å².